The fraction of sp³-hybridized carbons (Fsp3) is 0.500. The summed E-state index contributed by atoms with van der Waals surface area (Å²) < 4.78 is 31.6. The summed E-state index contributed by atoms with van der Waals surface area (Å²) in [6.45, 7) is 3.08. The molecule has 116 valence electrons. The summed E-state index contributed by atoms with van der Waals surface area (Å²) in [7, 11) is -2.55. The van der Waals surface area contributed by atoms with Gasteiger partial charge in [-0.2, -0.15) is 4.31 Å². The lowest BCUT2D eigenvalue weighted by atomic mass is 10.2. The van der Waals surface area contributed by atoms with Gasteiger partial charge in [-0.25, -0.2) is 8.42 Å². The molecule has 1 aromatic carbocycles. The van der Waals surface area contributed by atoms with Crippen molar-refractivity contribution in [1.82, 2.24) is 9.62 Å². The van der Waals surface area contributed by atoms with Crippen molar-refractivity contribution in [3.05, 3.63) is 28.3 Å². The molecule has 0 aromatic heterocycles. The van der Waals surface area contributed by atoms with Gasteiger partial charge in [0.15, 0.2) is 4.90 Å². The largest absolute Gasteiger partial charge is 0.497 e. The summed E-state index contributed by atoms with van der Waals surface area (Å²) in [6.07, 6.45) is 0. The van der Waals surface area contributed by atoms with E-state index in [1.807, 2.05) is 0 Å². The van der Waals surface area contributed by atoms with Crippen LogP contribution in [0.15, 0.2) is 23.1 Å². The average Bonchev–Trinajstić information content (AvgIpc) is 2.41. The summed E-state index contributed by atoms with van der Waals surface area (Å²) >= 11 is 0. The summed E-state index contributed by atoms with van der Waals surface area (Å²) in [5.74, 6) is 0.244. The number of nitrogens with zero attached hydrogens (tertiary/aromatic N) is 2. The van der Waals surface area contributed by atoms with Gasteiger partial charge in [0.1, 0.15) is 5.75 Å². The maximum atomic E-state index is 12.7. The van der Waals surface area contributed by atoms with Gasteiger partial charge in [-0.1, -0.05) is 6.92 Å². The summed E-state index contributed by atoms with van der Waals surface area (Å²) in [4.78, 5) is 10.1. The van der Waals surface area contributed by atoms with Gasteiger partial charge in [0.25, 0.3) is 5.69 Å². The molecule has 0 radical (unpaired) electrons. The molecule has 0 spiro atoms. The maximum Gasteiger partial charge on any atom is 0.293 e. The molecule has 0 aliphatic carbocycles. The number of nitrogens with one attached hydrogen (secondary N) is 1. The van der Waals surface area contributed by atoms with Crippen molar-refractivity contribution in [1.29, 1.82) is 0 Å². The molecule has 1 saturated heterocycles. The number of nitro benzene ring substituents is 1. The average molecular weight is 315 g/mol. The lowest BCUT2D eigenvalue weighted by Gasteiger charge is -2.36. The zero-order valence-corrected chi connectivity index (χ0v) is 12.6. The highest BCUT2D eigenvalue weighted by atomic mass is 32.2. The van der Waals surface area contributed by atoms with Gasteiger partial charge in [0, 0.05) is 19.6 Å². The second-order valence-corrected chi connectivity index (χ2v) is 6.47. The number of nitro groups is 1. The predicted molar refractivity (Wildman–Crippen MR) is 75.9 cm³/mol. The number of benzene rings is 1. The Kier molecular flexibility index (Phi) is 4.45. The molecule has 1 aliphatic heterocycles. The molecule has 2 rings (SSSR count). The van der Waals surface area contributed by atoms with E-state index in [4.69, 9.17) is 4.74 Å². The molecular formula is C12H17N3O5S. The lowest BCUT2D eigenvalue weighted by Crippen LogP contribution is -2.58. The molecule has 1 N–H and O–H groups in total. The third-order valence-corrected chi connectivity index (χ3v) is 5.50. The SMILES string of the molecule is CCN(C1CNC1)S(=O)(=O)c1ccc(OC)cc1[N+](=O)[O-]. The minimum absolute atomic E-state index is 0.165. The van der Waals surface area contributed by atoms with Crippen molar-refractivity contribution in [2.24, 2.45) is 0 Å². The van der Waals surface area contributed by atoms with E-state index >= 15 is 0 Å². The molecule has 0 unspecified atom stereocenters. The van der Waals surface area contributed by atoms with E-state index < -0.39 is 20.6 Å². The number of rotatable bonds is 6. The zero-order valence-electron chi connectivity index (χ0n) is 11.8. The minimum Gasteiger partial charge on any atom is -0.497 e. The topological polar surface area (TPSA) is 102 Å². The Morgan fingerprint density at radius 2 is 2.14 bits per heavy atom. The number of hydrogen-bond acceptors (Lipinski definition) is 6. The fourth-order valence-electron chi connectivity index (χ4n) is 2.21. The van der Waals surface area contributed by atoms with E-state index in [2.05, 4.69) is 5.32 Å². The molecule has 0 saturated carbocycles. The Morgan fingerprint density at radius 1 is 1.48 bits per heavy atom. The molecule has 0 atom stereocenters. The monoisotopic (exact) mass is 315 g/mol. The Labute approximate surface area is 122 Å². The second kappa shape index (κ2) is 5.96. The van der Waals surface area contributed by atoms with E-state index in [9.17, 15) is 18.5 Å². The second-order valence-electron chi connectivity index (χ2n) is 4.61. The third-order valence-electron chi connectivity index (χ3n) is 3.43. The van der Waals surface area contributed by atoms with Gasteiger partial charge in [0.05, 0.1) is 24.1 Å². The molecule has 21 heavy (non-hydrogen) atoms. The van der Waals surface area contributed by atoms with Crippen molar-refractivity contribution in [3.8, 4) is 5.75 Å². The van der Waals surface area contributed by atoms with Crippen LogP contribution in [0.3, 0.4) is 0 Å². The lowest BCUT2D eigenvalue weighted by molar-refractivity contribution is -0.387. The summed E-state index contributed by atoms with van der Waals surface area (Å²) in [6, 6.07) is 3.59. The van der Waals surface area contributed by atoms with Crippen LogP contribution >= 0.6 is 0 Å². The van der Waals surface area contributed by atoms with Gasteiger partial charge in [-0.3, -0.25) is 10.1 Å². The molecular weight excluding hydrogens is 298 g/mol. The van der Waals surface area contributed by atoms with Crippen LogP contribution < -0.4 is 10.1 Å². The predicted octanol–water partition coefficient (Wildman–Crippen LogP) is 0.586. The van der Waals surface area contributed by atoms with Gasteiger partial charge in [-0.15, -0.1) is 0 Å². The Balaban J connectivity index is 2.50. The molecule has 1 aromatic rings. The van der Waals surface area contributed by atoms with E-state index in [0.29, 0.717) is 13.1 Å². The zero-order chi connectivity index (χ0) is 15.6. The van der Waals surface area contributed by atoms with Gasteiger partial charge < -0.3 is 10.1 Å². The van der Waals surface area contributed by atoms with Crippen LogP contribution in [0.4, 0.5) is 5.69 Å². The van der Waals surface area contributed by atoms with Crippen LogP contribution in [0.2, 0.25) is 0 Å². The van der Waals surface area contributed by atoms with Gasteiger partial charge in [-0.05, 0) is 12.1 Å². The molecule has 1 aliphatic rings. The molecule has 1 heterocycles. The van der Waals surface area contributed by atoms with Crippen LogP contribution in [0.25, 0.3) is 0 Å². The van der Waals surface area contributed by atoms with Crippen molar-refractivity contribution < 1.29 is 18.1 Å². The highest BCUT2D eigenvalue weighted by molar-refractivity contribution is 7.89. The minimum atomic E-state index is -3.92. The van der Waals surface area contributed by atoms with Crippen LogP contribution in [0, 0.1) is 10.1 Å². The smallest absolute Gasteiger partial charge is 0.293 e. The van der Waals surface area contributed by atoms with Crippen molar-refractivity contribution in [2.45, 2.75) is 17.9 Å². The number of likely N-dealkylation sites (N-methyl/N-ethyl adjacent to an activating group) is 1. The first-order chi connectivity index (χ1) is 9.91. The van der Waals surface area contributed by atoms with E-state index in [-0.39, 0.29) is 23.2 Å². The van der Waals surface area contributed by atoms with Gasteiger partial charge in [0.2, 0.25) is 10.0 Å². The van der Waals surface area contributed by atoms with Crippen molar-refractivity contribution in [2.75, 3.05) is 26.7 Å². The molecule has 8 nitrogen and oxygen atoms in total. The molecule has 9 heteroatoms. The van der Waals surface area contributed by atoms with E-state index in [0.717, 1.165) is 6.07 Å². The Morgan fingerprint density at radius 3 is 2.57 bits per heavy atom. The molecule has 0 amide bonds. The first-order valence-corrected chi connectivity index (χ1v) is 7.90. The van der Waals surface area contributed by atoms with E-state index in [1.54, 1.807) is 6.92 Å². The fourth-order valence-corrected chi connectivity index (χ4v) is 3.98. The normalized spacial score (nSPS) is 15.8. The molecule has 1 fully saturated rings. The highest BCUT2D eigenvalue weighted by Gasteiger charge is 2.37. The maximum absolute atomic E-state index is 12.7. The number of methoxy groups -OCH3 is 1. The number of ether oxygens (including phenoxy) is 1. The Bertz CT molecular complexity index is 642. The van der Waals surface area contributed by atoms with Crippen LogP contribution in [0.1, 0.15) is 6.92 Å². The summed E-state index contributed by atoms with van der Waals surface area (Å²) in [5, 5.41) is 14.2. The molecule has 0 bridgehead atoms. The van der Waals surface area contributed by atoms with Crippen molar-refractivity contribution in [3.63, 3.8) is 0 Å². The Hall–Kier alpha value is -1.71. The van der Waals surface area contributed by atoms with Crippen LogP contribution in [-0.4, -0.2) is 50.4 Å². The van der Waals surface area contributed by atoms with Crippen LogP contribution in [-0.2, 0) is 10.0 Å². The highest BCUT2D eigenvalue weighted by Crippen LogP contribution is 2.31. The third kappa shape index (κ3) is 2.85. The standard InChI is InChI=1S/C12H17N3O5S/c1-3-14(9-7-13-8-9)21(18,19)12-5-4-10(20-2)6-11(12)15(16)17/h4-6,9,13H,3,7-8H2,1-2H3. The van der Waals surface area contributed by atoms with Crippen molar-refractivity contribution >= 4 is 15.7 Å². The summed E-state index contributed by atoms with van der Waals surface area (Å²) in [5.41, 5.74) is -0.472. The first kappa shape index (κ1) is 15.7. The number of hydrogen-bond donors (Lipinski definition) is 1. The van der Waals surface area contributed by atoms with Gasteiger partial charge >= 0.3 is 0 Å². The number of sulfonamides is 1. The first-order valence-electron chi connectivity index (χ1n) is 6.46. The van der Waals surface area contributed by atoms with E-state index in [1.165, 1.54) is 23.5 Å². The van der Waals surface area contributed by atoms with Crippen LogP contribution in [0.5, 0.6) is 5.75 Å². The quantitative estimate of drug-likeness (QED) is 0.609.